The molecule has 2 aromatic heterocycles. The number of aromatic nitrogens is 3. The van der Waals surface area contributed by atoms with Crippen LogP contribution in [0.25, 0.3) is 11.3 Å². The average Bonchev–Trinajstić information content (AvgIpc) is 2.98. The van der Waals surface area contributed by atoms with Crippen molar-refractivity contribution in [1.29, 1.82) is 0 Å². The molecule has 1 amide bonds. The van der Waals surface area contributed by atoms with E-state index in [-0.39, 0.29) is 11.3 Å². The Morgan fingerprint density at radius 2 is 1.96 bits per heavy atom. The molecule has 0 fully saturated rings. The van der Waals surface area contributed by atoms with E-state index in [9.17, 15) is 9.59 Å². The second-order valence-corrected chi connectivity index (χ2v) is 6.72. The van der Waals surface area contributed by atoms with Gasteiger partial charge in [-0.3, -0.25) is 14.9 Å². The summed E-state index contributed by atoms with van der Waals surface area (Å²) < 4.78 is 6.56. The van der Waals surface area contributed by atoms with Crippen LogP contribution in [0.4, 0.5) is 5.13 Å². The molecule has 0 saturated heterocycles. The van der Waals surface area contributed by atoms with Gasteiger partial charge in [0.2, 0.25) is 0 Å². The molecule has 0 aliphatic heterocycles. The van der Waals surface area contributed by atoms with Crippen molar-refractivity contribution in [2.75, 3.05) is 11.9 Å². The molecule has 0 atom stereocenters. The van der Waals surface area contributed by atoms with Crippen LogP contribution >= 0.6 is 11.3 Å². The van der Waals surface area contributed by atoms with Crippen LogP contribution < -0.4 is 15.6 Å². The zero-order valence-corrected chi connectivity index (χ0v) is 15.5. The van der Waals surface area contributed by atoms with E-state index in [1.807, 2.05) is 38.1 Å². The molecule has 8 heteroatoms. The number of nitrogens with one attached hydrogen (secondary N) is 1. The Morgan fingerprint density at radius 3 is 2.62 bits per heavy atom. The Bertz CT molecular complexity index is 992. The summed E-state index contributed by atoms with van der Waals surface area (Å²) in [5.41, 5.74) is 1.64. The second kappa shape index (κ2) is 7.49. The van der Waals surface area contributed by atoms with Crippen molar-refractivity contribution in [3.8, 4) is 17.0 Å². The van der Waals surface area contributed by atoms with E-state index in [0.29, 0.717) is 11.7 Å². The summed E-state index contributed by atoms with van der Waals surface area (Å²) in [6.07, 6.45) is 0. The van der Waals surface area contributed by atoms with Crippen LogP contribution in [-0.4, -0.2) is 27.3 Å². The maximum absolute atomic E-state index is 12.3. The van der Waals surface area contributed by atoms with Crippen molar-refractivity contribution in [3.05, 3.63) is 57.3 Å². The Kier molecular flexibility index (Phi) is 5.13. The third kappa shape index (κ3) is 3.80. The van der Waals surface area contributed by atoms with Crippen molar-refractivity contribution in [1.82, 2.24) is 14.8 Å². The number of amides is 1. The number of benzene rings is 1. The standard InChI is InChI=1S/C18H18N4O3S/c1-4-25-13-7-5-12(6-8-13)16-11(2)26-18(19-16)20-17(24)14-9-10-15(23)22(3)21-14/h5-10H,4H2,1-3H3,(H,19,20,24). The minimum absolute atomic E-state index is 0.155. The first-order valence-electron chi connectivity index (χ1n) is 8.04. The molecule has 0 bridgehead atoms. The van der Waals surface area contributed by atoms with Crippen LogP contribution in [0.2, 0.25) is 0 Å². The molecule has 3 rings (SSSR count). The number of ether oxygens (including phenoxy) is 1. The Balaban J connectivity index is 1.80. The maximum Gasteiger partial charge on any atom is 0.277 e. The SMILES string of the molecule is CCOc1ccc(-c2nc(NC(=O)c3ccc(=O)n(C)n3)sc2C)cc1. The number of thiazole rings is 1. The molecule has 0 saturated carbocycles. The number of anilines is 1. The molecule has 1 aromatic carbocycles. The minimum Gasteiger partial charge on any atom is -0.494 e. The third-order valence-corrected chi connectivity index (χ3v) is 4.54. The molecule has 1 N–H and O–H groups in total. The summed E-state index contributed by atoms with van der Waals surface area (Å²) in [6, 6.07) is 10.4. The first-order chi connectivity index (χ1) is 12.5. The Morgan fingerprint density at radius 1 is 1.23 bits per heavy atom. The van der Waals surface area contributed by atoms with E-state index >= 15 is 0 Å². The molecule has 0 spiro atoms. The molecular formula is C18H18N4O3S. The molecule has 0 unspecified atom stereocenters. The lowest BCUT2D eigenvalue weighted by Gasteiger charge is -2.04. The van der Waals surface area contributed by atoms with Crippen LogP contribution in [0.3, 0.4) is 0 Å². The number of hydrogen-bond donors (Lipinski definition) is 1. The first kappa shape index (κ1) is 17.8. The summed E-state index contributed by atoms with van der Waals surface area (Å²) >= 11 is 1.38. The monoisotopic (exact) mass is 370 g/mol. The maximum atomic E-state index is 12.3. The van der Waals surface area contributed by atoms with E-state index in [1.165, 1.54) is 30.5 Å². The van der Waals surface area contributed by atoms with E-state index in [2.05, 4.69) is 15.4 Å². The fraction of sp³-hybridized carbons (Fsp3) is 0.222. The van der Waals surface area contributed by atoms with Crippen molar-refractivity contribution in [2.24, 2.45) is 7.05 Å². The van der Waals surface area contributed by atoms with Gasteiger partial charge in [0.15, 0.2) is 5.13 Å². The molecule has 3 aromatic rings. The summed E-state index contributed by atoms with van der Waals surface area (Å²) in [7, 11) is 1.50. The predicted octanol–water partition coefficient (Wildman–Crippen LogP) is 2.86. The van der Waals surface area contributed by atoms with Crippen molar-refractivity contribution < 1.29 is 9.53 Å². The normalized spacial score (nSPS) is 10.6. The van der Waals surface area contributed by atoms with Crippen LogP contribution in [0.15, 0.2) is 41.2 Å². The lowest BCUT2D eigenvalue weighted by atomic mass is 10.1. The minimum atomic E-state index is -0.410. The zero-order valence-electron chi connectivity index (χ0n) is 14.6. The highest BCUT2D eigenvalue weighted by Crippen LogP contribution is 2.31. The van der Waals surface area contributed by atoms with E-state index in [1.54, 1.807) is 0 Å². The summed E-state index contributed by atoms with van der Waals surface area (Å²) in [5.74, 6) is 0.394. The number of rotatable bonds is 5. The van der Waals surface area contributed by atoms with Crippen LogP contribution in [0, 0.1) is 6.92 Å². The number of carbonyl (C=O) groups excluding carboxylic acids is 1. The highest BCUT2D eigenvalue weighted by molar-refractivity contribution is 7.16. The number of hydrogen-bond acceptors (Lipinski definition) is 6. The summed E-state index contributed by atoms with van der Waals surface area (Å²) in [4.78, 5) is 29.2. The van der Waals surface area contributed by atoms with Gasteiger partial charge in [0.1, 0.15) is 11.4 Å². The lowest BCUT2D eigenvalue weighted by Crippen LogP contribution is -2.23. The number of nitrogens with zero attached hydrogens (tertiary/aromatic N) is 3. The zero-order chi connectivity index (χ0) is 18.7. The van der Waals surface area contributed by atoms with Gasteiger partial charge in [0.05, 0.1) is 12.3 Å². The lowest BCUT2D eigenvalue weighted by molar-refractivity contribution is 0.102. The van der Waals surface area contributed by atoms with Gasteiger partial charge in [0, 0.05) is 23.6 Å². The smallest absolute Gasteiger partial charge is 0.277 e. The molecule has 2 heterocycles. The van der Waals surface area contributed by atoms with Gasteiger partial charge in [-0.05, 0) is 44.2 Å². The fourth-order valence-electron chi connectivity index (χ4n) is 2.38. The van der Waals surface area contributed by atoms with Crippen molar-refractivity contribution >= 4 is 22.4 Å². The van der Waals surface area contributed by atoms with E-state index < -0.39 is 5.91 Å². The van der Waals surface area contributed by atoms with Gasteiger partial charge >= 0.3 is 0 Å². The molecule has 134 valence electrons. The third-order valence-electron chi connectivity index (χ3n) is 3.65. The number of aryl methyl sites for hydroxylation is 2. The molecular weight excluding hydrogens is 352 g/mol. The summed E-state index contributed by atoms with van der Waals surface area (Å²) in [6.45, 7) is 4.50. The Hall–Kier alpha value is -3.00. The van der Waals surface area contributed by atoms with Crippen molar-refractivity contribution in [3.63, 3.8) is 0 Å². The molecule has 7 nitrogen and oxygen atoms in total. The number of carbonyl (C=O) groups is 1. The quantitative estimate of drug-likeness (QED) is 0.746. The first-order valence-corrected chi connectivity index (χ1v) is 8.86. The molecule has 0 radical (unpaired) electrons. The predicted molar refractivity (Wildman–Crippen MR) is 101 cm³/mol. The van der Waals surface area contributed by atoms with Gasteiger partial charge in [0.25, 0.3) is 11.5 Å². The van der Waals surface area contributed by atoms with Crippen molar-refractivity contribution in [2.45, 2.75) is 13.8 Å². The van der Waals surface area contributed by atoms with Gasteiger partial charge in [-0.2, -0.15) is 5.10 Å². The molecule has 26 heavy (non-hydrogen) atoms. The fourth-order valence-corrected chi connectivity index (χ4v) is 3.21. The Labute approximate surface area is 154 Å². The summed E-state index contributed by atoms with van der Waals surface area (Å²) in [5, 5.41) is 7.15. The van der Waals surface area contributed by atoms with Gasteiger partial charge in [-0.25, -0.2) is 9.67 Å². The topological polar surface area (TPSA) is 86.1 Å². The van der Waals surface area contributed by atoms with Gasteiger partial charge in [-0.15, -0.1) is 11.3 Å². The highest BCUT2D eigenvalue weighted by atomic mass is 32.1. The largest absolute Gasteiger partial charge is 0.494 e. The van der Waals surface area contributed by atoms with E-state index in [0.717, 1.165) is 26.6 Å². The average molecular weight is 370 g/mol. The van der Waals surface area contributed by atoms with Crippen LogP contribution in [-0.2, 0) is 7.05 Å². The van der Waals surface area contributed by atoms with Crippen LogP contribution in [0.1, 0.15) is 22.3 Å². The van der Waals surface area contributed by atoms with Crippen LogP contribution in [0.5, 0.6) is 5.75 Å². The van der Waals surface area contributed by atoms with E-state index in [4.69, 9.17) is 4.74 Å². The van der Waals surface area contributed by atoms with Gasteiger partial charge < -0.3 is 4.74 Å². The second-order valence-electron chi connectivity index (χ2n) is 5.52. The molecule has 0 aliphatic rings. The molecule has 0 aliphatic carbocycles. The van der Waals surface area contributed by atoms with Gasteiger partial charge in [-0.1, -0.05) is 0 Å². The highest BCUT2D eigenvalue weighted by Gasteiger charge is 2.14.